The molecule has 0 bridgehead atoms. The molecule has 0 radical (unpaired) electrons. The molecule has 0 unspecified atom stereocenters. The van der Waals surface area contributed by atoms with E-state index in [9.17, 15) is 9.59 Å². The lowest BCUT2D eigenvalue weighted by Gasteiger charge is -2.09. The van der Waals surface area contributed by atoms with Crippen LogP contribution in [-0.4, -0.2) is 22.9 Å². The van der Waals surface area contributed by atoms with Crippen LogP contribution >= 0.6 is 15.9 Å². The number of methoxy groups -OCH3 is 1. The molecule has 2 aromatic rings. The molecule has 0 N–H and O–H groups in total. The van der Waals surface area contributed by atoms with Crippen molar-refractivity contribution in [2.24, 2.45) is 0 Å². The van der Waals surface area contributed by atoms with Gasteiger partial charge in [-0.15, -0.1) is 0 Å². The molecule has 6 heteroatoms. The van der Waals surface area contributed by atoms with E-state index >= 15 is 0 Å². The summed E-state index contributed by atoms with van der Waals surface area (Å²) < 4.78 is 6.90. The van der Waals surface area contributed by atoms with Crippen molar-refractivity contribution in [1.29, 1.82) is 0 Å². The van der Waals surface area contributed by atoms with Gasteiger partial charge in [-0.3, -0.25) is 4.79 Å². The fourth-order valence-electron chi connectivity index (χ4n) is 1.61. The molecule has 19 heavy (non-hydrogen) atoms. The largest absolute Gasteiger partial charge is 0.464 e. The van der Waals surface area contributed by atoms with E-state index in [-0.39, 0.29) is 5.69 Å². The number of aryl methyl sites for hydroxylation is 1. The van der Waals surface area contributed by atoms with Gasteiger partial charge in [0.15, 0.2) is 0 Å². The third kappa shape index (κ3) is 2.73. The molecule has 0 amide bonds. The van der Waals surface area contributed by atoms with Gasteiger partial charge in [0, 0.05) is 16.7 Å². The maximum Gasteiger partial charge on any atom is 0.362 e. The molecule has 0 aliphatic carbocycles. The summed E-state index contributed by atoms with van der Waals surface area (Å²) >= 11 is 3.37. The first-order valence-electron chi connectivity index (χ1n) is 5.48. The number of nitrogens with zero attached hydrogens (tertiary/aromatic N) is 2. The highest BCUT2D eigenvalue weighted by molar-refractivity contribution is 9.10. The second-order valence-corrected chi connectivity index (χ2v) is 4.81. The molecule has 5 nitrogen and oxygen atoms in total. The number of esters is 1. The van der Waals surface area contributed by atoms with Gasteiger partial charge in [-0.25, -0.2) is 9.48 Å². The third-order valence-corrected chi connectivity index (χ3v) is 3.10. The van der Waals surface area contributed by atoms with Crippen molar-refractivity contribution in [1.82, 2.24) is 9.78 Å². The summed E-state index contributed by atoms with van der Waals surface area (Å²) in [6.07, 6.45) is 1.52. The van der Waals surface area contributed by atoms with E-state index < -0.39 is 11.4 Å². The van der Waals surface area contributed by atoms with Crippen molar-refractivity contribution in [2.75, 3.05) is 7.11 Å². The lowest BCUT2D eigenvalue weighted by atomic mass is 10.2. The number of carbonyl (C=O) groups is 1. The third-order valence-electron chi connectivity index (χ3n) is 2.60. The molecule has 1 aromatic carbocycles. The molecule has 2 rings (SSSR count). The smallest absolute Gasteiger partial charge is 0.362 e. The van der Waals surface area contributed by atoms with E-state index in [0.29, 0.717) is 0 Å². The summed E-state index contributed by atoms with van der Waals surface area (Å²) in [7, 11) is 1.21. The van der Waals surface area contributed by atoms with Crippen LogP contribution in [0.2, 0.25) is 0 Å². The first-order valence-corrected chi connectivity index (χ1v) is 6.27. The molecule has 1 heterocycles. The predicted molar refractivity (Wildman–Crippen MR) is 73.6 cm³/mol. The maximum absolute atomic E-state index is 11.6. The minimum absolute atomic E-state index is 0.232. The lowest BCUT2D eigenvalue weighted by molar-refractivity contribution is 0.0590. The fourth-order valence-corrected chi connectivity index (χ4v) is 1.96. The number of carbonyl (C=O) groups excluding carboxylic acids is 1. The van der Waals surface area contributed by atoms with E-state index in [1.807, 2.05) is 25.1 Å². The molecule has 98 valence electrons. The van der Waals surface area contributed by atoms with Gasteiger partial charge in [-0.1, -0.05) is 22.0 Å². The minimum atomic E-state index is -0.744. The summed E-state index contributed by atoms with van der Waals surface area (Å²) in [6, 6.07) is 6.97. The van der Waals surface area contributed by atoms with Gasteiger partial charge >= 0.3 is 5.97 Å². The van der Waals surface area contributed by atoms with Crippen LogP contribution in [0.25, 0.3) is 5.69 Å². The number of rotatable bonds is 2. The van der Waals surface area contributed by atoms with E-state index in [1.54, 1.807) is 0 Å². The Morgan fingerprint density at radius 3 is 2.79 bits per heavy atom. The van der Waals surface area contributed by atoms with Crippen molar-refractivity contribution in [3.8, 4) is 5.69 Å². The fraction of sp³-hybridized carbons (Fsp3) is 0.154. The van der Waals surface area contributed by atoms with Crippen molar-refractivity contribution in [3.63, 3.8) is 0 Å². The van der Waals surface area contributed by atoms with Gasteiger partial charge in [0.05, 0.1) is 12.8 Å². The van der Waals surface area contributed by atoms with Crippen LogP contribution in [0.3, 0.4) is 0 Å². The van der Waals surface area contributed by atoms with E-state index in [4.69, 9.17) is 0 Å². The number of hydrogen-bond donors (Lipinski definition) is 0. The summed E-state index contributed by atoms with van der Waals surface area (Å²) in [5, 5.41) is 4.02. The lowest BCUT2D eigenvalue weighted by Crippen LogP contribution is -2.21. The number of ether oxygens (including phenoxy) is 1. The van der Waals surface area contributed by atoms with Crippen molar-refractivity contribution in [3.05, 3.63) is 56.4 Å². The van der Waals surface area contributed by atoms with Crippen LogP contribution in [-0.2, 0) is 4.74 Å². The quantitative estimate of drug-likeness (QED) is 0.794. The van der Waals surface area contributed by atoms with Gasteiger partial charge in [0.1, 0.15) is 0 Å². The number of hydrogen-bond acceptors (Lipinski definition) is 4. The highest BCUT2D eigenvalue weighted by Crippen LogP contribution is 2.18. The highest BCUT2D eigenvalue weighted by Gasteiger charge is 2.14. The zero-order chi connectivity index (χ0) is 14.0. The molecular weight excluding hydrogens is 312 g/mol. The first-order chi connectivity index (χ1) is 9.02. The number of halogens is 1. The van der Waals surface area contributed by atoms with Gasteiger partial charge in [0.25, 0.3) is 0 Å². The second-order valence-electron chi connectivity index (χ2n) is 3.90. The number of aromatic nitrogens is 2. The van der Waals surface area contributed by atoms with Crippen LogP contribution in [0.1, 0.15) is 16.1 Å². The Balaban J connectivity index is 2.61. The summed E-state index contributed by atoms with van der Waals surface area (Å²) in [6.45, 7) is 1.92. The maximum atomic E-state index is 11.6. The van der Waals surface area contributed by atoms with Gasteiger partial charge in [-0.05, 0) is 24.6 Å². The zero-order valence-corrected chi connectivity index (χ0v) is 12.0. The molecule has 1 aromatic heterocycles. The van der Waals surface area contributed by atoms with Crippen LogP contribution in [0.5, 0.6) is 0 Å². The summed E-state index contributed by atoms with van der Waals surface area (Å²) in [5.41, 5.74) is 1.05. The predicted octanol–water partition coefficient (Wildman–Crippen LogP) is 2.09. The van der Waals surface area contributed by atoms with Crippen molar-refractivity contribution >= 4 is 21.9 Å². The second kappa shape index (κ2) is 5.36. The standard InChI is InChI=1S/C13H11BrN2O3/c1-8-3-4-9(14)7-10(8)16-6-5-11(17)12(15-16)13(18)19-2/h3-7H,1-2H3. The molecule has 0 saturated carbocycles. The van der Waals surface area contributed by atoms with Crippen LogP contribution < -0.4 is 5.43 Å². The monoisotopic (exact) mass is 322 g/mol. The molecule has 0 aliphatic heterocycles. The Labute approximate surface area is 118 Å². The Morgan fingerprint density at radius 2 is 2.11 bits per heavy atom. The molecule has 0 atom stereocenters. The molecule has 0 spiro atoms. The van der Waals surface area contributed by atoms with E-state index in [1.165, 1.54) is 24.1 Å². The Hall–Kier alpha value is -1.95. The van der Waals surface area contributed by atoms with Crippen molar-refractivity contribution < 1.29 is 9.53 Å². The molecule has 0 aliphatic rings. The molecule has 0 saturated heterocycles. The first kappa shape index (κ1) is 13.5. The number of benzene rings is 1. The van der Waals surface area contributed by atoms with Crippen molar-refractivity contribution in [2.45, 2.75) is 6.92 Å². The van der Waals surface area contributed by atoms with Gasteiger partial charge in [0.2, 0.25) is 11.1 Å². The van der Waals surface area contributed by atoms with Gasteiger partial charge < -0.3 is 4.74 Å². The topological polar surface area (TPSA) is 61.2 Å². The van der Waals surface area contributed by atoms with E-state index in [2.05, 4.69) is 25.8 Å². The molecule has 0 fully saturated rings. The van der Waals surface area contributed by atoms with E-state index in [0.717, 1.165) is 15.7 Å². The van der Waals surface area contributed by atoms with Crippen LogP contribution in [0.4, 0.5) is 0 Å². The summed E-state index contributed by atoms with van der Waals surface area (Å²) in [5.74, 6) is -0.744. The highest BCUT2D eigenvalue weighted by atomic mass is 79.9. The average Bonchev–Trinajstić information content (AvgIpc) is 2.41. The Bertz CT molecular complexity index is 695. The zero-order valence-electron chi connectivity index (χ0n) is 10.4. The normalized spacial score (nSPS) is 10.3. The molecular formula is C13H11BrN2O3. The summed E-state index contributed by atoms with van der Waals surface area (Å²) in [4.78, 5) is 23.0. The van der Waals surface area contributed by atoms with Crippen LogP contribution in [0, 0.1) is 6.92 Å². The average molecular weight is 323 g/mol. The van der Waals surface area contributed by atoms with Gasteiger partial charge in [-0.2, -0.15) is 5.10 Å². The Kier molecular flexibility index (Phi) is 3.80. The SMILES string of the molecule is COC(=O)c1nn(-c2cc(Br)ccc2C)ccc1=O. The van der Waals surface area contributed by atoms with Crippen LogP contribution in [0.15, 0.2) is 39.7 Å². The Morgan fingerprint density at radius 1 is 1.37 bits per heavy atom. The minimum Gasteiger partial charge on any atom is -0.464 e.